The first-order chi connectivity index (χ1) is 19.7. The van der Waals surface area contributed by atoms with E-state index in [-0.39, 0.29) is 48.5 Å². The van der Waals surface area contributed by atoms with Crippen LogP contribution in [-0.4, -0.2) is 86.4 Å². The molecule has 13 heteroatoms. The summed E-state index contributed by atoms with van der Waals surface area (Å²) in [6.07, 6.45) is 9.25. The van der Waals surface area contributed by atoms with E-state index >= 15 is 4.39 Å². The van der Waals surface area contributed by atoms with Gasteiger partial charge in [0.05, 0.1) is 11.4 Å². The highest BCUT2D eigenvalue weighted by atomic mass is 32.2. The molecular formula is C29H39F3N6O3S. The number of fused-ring (bicyclic) bond motifs is 1. The van der Waals surface area contributed by atoms with Gasteiger partial charge in [0.2, 0.25) is 16.0 Å². The Bertz CT molecular complexity index is 1400. The van der Waals surface area contributed by atoms with Crippen molar-refractivity contribution in [2.24, 2.45) is 15.9 Å². The molecule has 2 heterocycles. The number of carbonyl (C=O) groups is 1. The molecule has 0 spiro atoms. The van der Waals surface area contributed by atoms with E-state index in [2.05, 4.69) is 34.0 Å². The van der Waals surface area contributed by atoms with Crippen LogP contribution >= 0.6 is 0 Å². The van der Waals surface area contributed by atoms with Crippen molar-refractivity contribution in [2.75, 3.05) is 19.8 Å². The van der Waals surface area contributed by atoms with Gasteiger partial charge in [-0.25, -0.2) is 31.6 Å². The summed E-state index contributed by atoms with van der Waals surface area (Å²) >= 11 is 0. The molecule has 3 aliphatic carbocycles. The van der Waals surface area contributed by atoms with Crippen molar-refractivity contribution < 1.29 is 26.4 Å². The van der Waals surface area contributed by atoms with E-state index in [0.29, 0.717) is 23.1 Å². The number of hydrogen-bond donors (Lipinski definition) is 2. The molecule has 2 atom stereocenters. The highest BCUT2D eigenvalue weighted by molar-refractivity contribution is 7.89. The van der Waals surface area contributed by atoms with Crippen LogP contribution in [0, 0.1) is 5.92 Å². The Hall–Kier alpha value is -2.93. The number of aliphatic imine (C=N–C) groups is 2. The minimum Gasteiger partial charge on any atom is -0.352 e. The van der Waals surface area contributed by atoms with Crippen molar-refractivity contribution in [3.8, 4) is 0 Å². The lowest BCUT2D eigenvalue weighted by Gasteiger charge is -2.39. The number of amides is 1. The number of rotatable bonds is 7. The first-order valence-corrected chi connectivity index (χ1v) is 16.2. The Morgan fingerprint density at radius 3 is 2.43 bits per heavy atom. The second-order valence-electron chi connectivity index (χ2n) is 12.3. The summed E-state index contributed by atoms with van der Waals surface area (Å²) in [4.78, 5) is 26.9. The summed E-state index contributed by atoms with van der Waals surface area (Å²) in [5, 5.41) is 3.44. The van der Waals surface area contributed by atoms with Crippen LogP contribution in [0.1, 0.15) is 58.8 Å². The number of alkyl halides is 2. The van der Waals surface area contributed by atoms with Crippen LogP contribution in [0.25, 0.3) is 0 Å². The van der Waals surface area contributed by atoms with Crippen molar-refractivity contribution in [1.82, 2.24) is 19.8 Å². The molecule has 5 aliphatic rings. The minimum atomic E-state index is -4.18. The maximum absolute atomic E-state index is 15.1. The average molecular weight is 609 g/mol. The SMILES string of the molecule is CC(C)N1C(=O)C(=C2C=C(F)C(NS(=O)(=O)CC3CCC3(F)F)=CC2)C=C2C=NC(NC3CCC(N(C)C)CC3)=NC21. The quantitative estimate of drug-likeness (QED) is 0.428. The Labute approximate surface area is 245 Å². The number of allylic oxidation sites excluding steroid dienone is 4. The first-order valence-electron chi connectivity index (χ1n) is 14.5. The molecule has 2 fully saturated rings. The Kier molecular flexibility index (Phi) is 8.45. The summed E-state index contributed by atoms with van der Waals surface area (Å²) in [5.41, 5.74) is 1.04. The number of halogens is 3. The molecular weight excluding hydrogens is 569 g/mol. The summed E-state index contributed by atoms with van der Waals surface area (Å²) in [7, 11) is 0.0202. The van der Waals surface area contributed by atoms with Crippen molar-refractivity contribution in [3.05, 3.63) is 46.5 Å². The summed E-state index contributed by atoms with van der Waals surface area (Å²) < 4.78 is 69.3. The van der Waals surface area contributed by atoms with E-state index in [9.17, 15) is 22.0 Å². The topological polar surface area (TPSA) is 106 Å². The van der Waals surface area contributed by atoms with Gasteiger partial charge in [0.15, 0.2) is 6.17 Å². The highest BCUT2D eigenvalue weighted by Gasteiger charge is 2.50. The molecule has 9 nitrogen and oxygen atoms in total. The molecule has 0 radical (unpaired) electrons. The van der Waals surface area contributed by atoms with Crippen LogP contribution < -0.4 is 10.0 Å². The molecule has 230 valence electrons. The van der Waals surface area contributed by atoms with Gasteiger partial charge in [0, 0.05) is 47.8 Å². The monoisotopic (exact) mass is 608 g/mol. The molecule has 0 aromatic rings. The van der Waals surface area contributed by atoms with Gasteiger partial charge in [-0.2, -0.15) is 0 Å². The van der Waals surface area contributed by atoms with Gasteiger partial charge in [0.1, 0.15) is 5.83 Å². The van der Waals surface area contributed by atoms with Crippen LogP contribution in [0.2, 0.25) is 0 Å². The van der Waals surface area contributed by atoms with E-state index in [4.69, 9.17) is 4.99 Å². The summed E-state index contributed by atoms with van der Waals surface area (Å²) in [6, 6.07) is 0.609. The lowest BCUT2D eigenvalue weighted by Crippen LogP contribution is -2.51. The van der Waals surface area contributed by atoms with Crippen molar-refractivity contribution in [2.45, 2.75) is 89.0 Å². The highest BCUT2D eigenvalue weighted by Crippen LogP contribution is 2.44. The number of nitrogens with one attached hydrogen (secondary N) is 2. The predicted octanol–water partition coefficient (Wildman–Crippen LogP) is 3.79. The largest absolute Gasteiger partial charge is 0.352 e. The smallest absolute Gasteiger partial charge is 0.256 e. The fraction of sp³-hybridized carbons (Fsp3) is 0.621. The Balaban J connectivity index is 1.31. The van der Waals surface area contributed by atoms with E-state index in [1.54, 1.807) is 17.2 Å². The number of hydrogen-bond acceptors (Lipinski definition) is 7. The predicted molar refractivity (Wildman–Crippen MR) is 156 cm³/mol. The maximum Gasteiger partial charge on any atom is 0.256 e. The Morgan fingerprint density at radius 2 is 1.86 bits per heavy atom. The van der Waals surface area contributed by atoms with Crippen LogP contribution in [0.3, 0.4) is 0 Å². The van der Waals surface area contributed by atoms with Gasteiger partial charge >= 0.3 is 0 Å². The molecule has 0 saturated heterocycles. The standard InChI is InChI=1S/C29H39F3N6O3S/c1-17(2)38-26-19(15-33-28(35-26)34-21-6-8-22(9-7-21)37(3)4)13-23(27(38)39)18-5-10-25(24(30)14-18)36-42(40,41)16-20-11-12-29(20,31)32/h10,13-15,17,20-22,26,36H,5-9,11-12,16H2,1-4H3,(H,34,35). The molecule has 2 unspecified atom stereocenters. The lowest BCUT2D eigenvalue weighted by atomic mass is 9.82. The van der Waals surface area contributed by atoms with Gasteiger partial charge < -0.3 is 15.1 Å². The van der Waals surface area contributed by atoms with E-state index in [0.717, 1.165) is 31.8 Å². The number of guanidine groups is 1. The van der Waals surface area contributed by atoms with E-state index < -0.39 is 39.6 Å². The van der Waals surface area contributed by atoms with E-state index in [1.165, 1.54) is 6.08 Å². The zero-order valence-corrected chi connectivity index (χ0v) is 25.2. The van der Waals surface area contributed by atoms with E-state index in [1.807, 2.05) is 13.8 Å². The molecule has 0 aromatic heterocycles. The molecule has 0 aromatic carbocycles. The van der Waals surface area contributed by atoms with Crippen LogP contribution in [0.5, 0.6) is 0 Å². The Morgan fingerprint density at radius 1 is 1.14 bits per heavy atom. The normalized spacial score (nSPS) is 31.2. The zero-order valence-electron chi connectivity index (χ0n) is 24.4. The van der Waals surface area contributed by atoms with Crippen molar-refractivity contribution in [1.29, 1.82) is 0 Å². The maximum atomic E-state index is 15.1. The van der Waals surface area contributed by atoms with Gasteiger partial charge in [-0.1, -0.05) is 6.08 Å². The molecule has 2 aliphatic heterocycles. The van der Waals surface area contributed by atoms with Gasteiger partial charge in [-0.3, -0.25) is 9.52 Å². The first kappa shape index (κ1) is 30.5. The summed E-state index contributed by atoms with van der Waals surface area (Å²) in [5.74, 6) is -5.79. The third-order valence-corrected chi connectivity index (χ3v) is 10.1. The molecule has 5 rings (SSSR count). The third-order valence-electron chi connectivity index (χ3n) is 8.77. The van der Waals surface area contributed by atoms with Gasteiger partial charge in [0.25, 0.3) is 11.8 Å². The van der Waals surface area contributed by atoms with Crippen molar-refractivity contribution >= 4 is 28.1 Å². The van der Waals surface area contributed by atoms with Crippen molar-refractivity contribution in [3.63, 3.8) is 0 Å². The molecule has 1 amide bonds. The molecule has 42 heavy (non-hydrogen) atoms. The average Bonchev–Trinajstić information content (AvgIpc) is 2.92. The lowest BCUT2D eigenvalue weighted by molar-refractivity contribution is -0.130. The fourth-order valence-electron chi connectivity index (χ4n) is 6.10. The van der Waals surface area contributed by atoms with Crippen LogP contribution in [0.4, 0.5) is 13.2 Å². The fourth-order valence-corrected chi connectivity index (χ4v) is 7.64. The van der Waals surface area contributed by atoms with Gasteiger partial charge in [-0.05, 0) is 84.2 Å². The second kappa shape index (κ2) is 11.6. The third kappa shape index (κ3) is 6.36. The summed E-state index contributed by atoms with van der Waals surface area (Å²) in [6.45, 7) is 3.77. The zero-order chi connectivity index (χ0) is 30.4. The second-order valence-corrected chi connectivity index (χ2v) is 14.0. The molecule has 0 bridgehead atoms. The number of carbonyl (C=O) groups excluding carboxylic acids is 1. The number of nitrogens with zero attached hydrogens (tertiary/aromatic N) is 4. The molecule has 2 N–H and O–H groups in total. The number of sulfonamides is 1. The van der Waals surface area contributed by atoms with Crippen LogP contribution in [-0.2, 0) is 14.8 Å². The van der Waals surface area contributed by atoms with Crippen LogP contribution in [0.15, 0.2) is 56.5 Å². The minimum absolute atomic E-state index is 0.0785. The van der Waals surface area contributed by atoms with Gasteiger partial charge in [-0.15, -0.1) is 0 Å². The molecule has 2 saturated carbocycles.